The Morgan fingerprint density at radius 3 is 2.69 bits per heavy atom. The molecular formula is C13H13O2P. The first-order valence-corrected chi connectivity index (χ1v) is 5.88. The van der Waals surface area contributed by atoms with Gasteiger partial charge in [0.05, 0.1) is 12.7 Å². The summed E-state index contributed by atoms with van der Waals surface area (Å²) in [6.45, 7) is 0. The molecule has 2 rings (SSSR count). The normalized spacial score (nSPS) is 10.4. The molecule has 0 aliphatic carbocycles. The van der Waals surface area contributed by atoms with Crippen LogP contribution >= 0.6 is 9.24 Å². The van der Waals surface area contributed by atoms with Gasteiger partial charge in [-0.3, -0.25) is 0 Å². The maximum atomic E-state index is 11.6. The highest BCUT2D eigenvalue weighted by Gasteiger charge is 2.12. The van der Waals surface area contributed by atoms with E-state index < -0.39 is 0 Å². The quantitative estimate of drug-likeness (QED) is 0.587. The fourth-order valence-electron chi connectivity index (χ4n) is 1.86. The number of benzene rings is 2. The topological polar surface area (TPSA) is 26.3 Å². The third-order valence-electron chi connectivity index (χ3n) is 2.65. The Morgan fingerprint density at radius 1 is 1.25 bits per heavy atom. The van der Waals surface area contributed by atoms with Gasteiger partial charge >= 0.3 is 5.97 Å². The maximum Gasteiger partial charge on any atom is 0.338 e. The van der Waals surface area contributed by atoms with Crippen molar-refractivity contribution in [3.63, 3.8) is 0 Å². The first kappa shape index (κ1) is 11.1. The average Bonchev–Trinajstić information content (AvgIpc) is 2.36. The number of ether oxygens (including phenoxy) is 1. The van der Waals surface area contributed by atoms with E-state index in [9.17, 15) is 4.79 Å². The lowest BCUT2D eigenvalue weighted by molar-refractivity contribution is 0.0600. The lowest BCUT2D eigenvalue weighted by Gasteiger charge is -2.09. The Morgan fingerprint density at radius 2 is 2.00 bits per heavy atom. The summed E-state index contributed by atoms with van der Waals surface area (Å²) in [5.74, 6) is -0.275. The van der Waals surface area contributed by atoms with Crippen molar-refractivity contribution in [3.05, 3.63) is 47.5 Å². The monoisotopic (exact) mass is 232 g/mol. The standard InChI is InChI=1S/C13H13O2P/c1-15-13(14)11-7-6-9-4-2-3-5-10(9)12(11)8-16/h2-7H,8,16H2,1H3. The molecule has 0 heterocycles. The molecule has 16 heavy (non-hydrogen) atoms. The van der Waals surface area contributed by atoms with Crippen LogP contribution in [-0.4, -0.2) is 13.1 Å². The third-order valence-corrected chi connectivity index (χ3v) is 3.06. The molecule has 0 amide bonds. The number of carbonyl (C=O) groups excluding carboxylic acids is 1. The summed E-state index contributed by atoms with van der Waals surface area (Å²) in [6.07, 6.45) is 0.742. The van der Waals surface area contributed by atoms with Crippen LogP contribution in [0.5, 0.6) is 0 Å². The van der Waals surface area contributed by atoms with Gasteiger partial charge in [0.15, 0.2) is 0 Å². The van der Waals surface area contributed by atoms with Crippen molar-refractivity contribution in [1.29, 1.82) is 0 Å². The molecule has 0 fully saturated rings. The summed E-state index contributed by atoms with van der Waals surface area (Å²) >= 11 is 0. The van der Waals surface area contributed by atoms with Gasteiger partial charge in [0.25, 0.3) is 0 Å². The molecule has 0 spiro atoms. The lowest BCUT2D eigenvalue weighted by Crippen LogP contribution is -2.05. The molecule has 2 nitrogen and oxygen atoms in total. The van der Waals surface area contributed by atoms with Crippen molar-refractivity contribution < 1.29 is 9.53 Å². The zero-order valence-corrected chi connectivity index (χ0v) is 10.2. The first-order chi connectivity index (χ1) is 7.77. The second-order valence-corrected chi connectivity index (χ2v) is 3.92. The largest absolute Gasteiger partial charge is 0.465 e. The molecule has 0 aromatic heterocycles. The minimum absolute atomic E-state index is 0.275. The highest BCUT2D eigenvalue weighted by atomic mass is 31.0. The summed E-state index contributed by atoms with van der Waals surface area (Å²) in [6, 6.07) is 11.8. The van der Waals surface area contributed by atoms with Crippen molar-refractivity contribution in [3.8, 4) is 0 Å². The van der Waals surface area contributed by atoms with Gasteiger partial charge in [-0.05, 0) is 28.6 Å². The van der Waals surface area contributed by atoms with Crippen molar-refractivity contribution in [2.45, 2.75) is 6.16 Å². The molecule has 1 unspecified atom stereocenters. The van der Waals surface area contributed by atoms with Crippen LogP contribution in [0.25, 0.3) is 10.8 Å². The average molecular weight is 232 g/mol. The molecule has 0 N–H and O–H groups in total. The molecular weight excluding hydrogens is 219 g/mol. The van der Waals surface area contributed by atoms with Crippen LogP contribution in [0.1, 0.15) is 15.9 Å². The van der Waals surface area contributed by atoms with Gasteiger partial charge in [0.2, 0.25) is 0 Å². The van der Waals surface area contributed by atoms with E-state index in [0.29, 0.717) is 5.56 Å². The fourth-order valence-corrected chi connectivity index (χ4v) is 2.30. The van der Waals surface area contributed by atoms with Gasteiger partial charge in [-0.25, -0.2) is 4.79 Å². The summed E-state index contributed by atoms with van der Waals surface area (Å²) < 4.78 is 4.78. The molecule has 0 bridgehead atoms. The van der Waals surface area contributed by atoms with E-state index >= 15 is 0 Å². The summed E-state index contributed by atoms with van der Waals surface area (Å²) in [5.41, 5.74) is 1.67. The Labute approximate surface area is 96.8 Å². The number of carbonyl (C=O) groups is 1. The van der Waals surface area contributed by atoms with Gasteiger partial charge in [-0.2, -0.15) is 0 Å². The number of rotatable bonds is 2. The van der Waals surface area contributed by atoms with Gasteiger partial charge in [0.1, 0.15) is 0 Å². The van der Waals surface area contributed by atoms with Crippen molar-refractivity contribution in [2.75, 3.05) is 7.11 Å². The smallest absolute Gasteiger partial charge is 0.338 e. The van der Waals surface area contributed by atoms with E-state index in [0.717, 1.165) is 22.5 Å². The molecule has 0 saturated carbocycles. The molecule has 0 radical (unpaired) electrons. The van der Waals surface area contributed by atoms with Crippen molar-refractivity contribution in [2.24, 2.45) is 0 Å². The number of esters is 1. The van der Waals surface area contributed by atoms with E-state index in [1.165, 1.54) is 7.11 Å². The van der Waals surface area contributed by atoms with Gasteiger partial charge in [-0.15, -0.1) is 9.24 Å². The highest BCUT2D eigenvalue weighted by Crippen LogP contribution is 2.25. The Bertz CT molecular complexity index is 534. The third kappa shape index (κ3) is 1.81. The number of hydrogen-bond acceptors (Lipinski definition) is 2. The minimum Gasteiger partial charge on any atom is -0.465 e. The molecule has 1 atom stereocenters. The predicted molar refractivity (Wildman–Crippen MR) is 68.7 cm³/mol. The molecule has 0 saturated heterocycles. The zero-order valence-electron chi connectivity index (χ0n) is 9.07. The fraction of sp³-hybridized carbons (Fsp3) is 0.154. The van der Waals surface area contributed by atoms with Crippen LogP contribution in [0, 0.1) is 0 Å². The molecule has 82 valence electrons. The summed E-state index contributed by atoms with van der Waals surface area (Å²) in [7, 11) is 4.07. The summed E-state index contributed by atoms with van der Waals surface area (Å²) in [4.78, 5) is 11.6. The second-order valence-electron chi connectivity index (χ2n) is 3.51. The maximum absolute atomic E-state index is 11.6. The number of hydrogen-bond donors (Lipinski definition) is 0. The van der Waals surface area contributed by atoms with E-state index in [1.54, 1.807) is 0 Å². The second kappa shape index (κ2) is 4.63. The van der Waals surface area contributed by atoms with Crippen molar-refractivity contribution in [1.82, 2.24) is 0 Å². The molecule has 0 aliphatic rings. The van der Waals surface area contributed by atoms with Gasteiger partial charge in [0, 0.05) is 0 Å². The number of fused-ring (bicyclic) bond motifs is 1. The van der Waals surface area contributed by atoms with E-state index in [-0.39, 0.29) is 5.97 Å². The Balaban J connectivity index is 2.72. The Kier molecular flexibility index (Phi) is 3.21. The van der Waals surface area contributed by atoms with Crippen LogP contribution < -0.4 is 0 Å². The molecule has 2 aromatic carbocycles. The molecule has 3 heteroatoms. The Hall–Kier alpha value is -1.40. The zero-order chi connectivity index (χ0) is 11.5. The van der Waals surface area contributed by atoms with Crippen LogP contribution in [0.4, 0.5) is 0 Å². The van der Waals surface area contributed by atoms with Crippen LogP contribution in [0.2, 0.25) is 0 Å². The molecule has 0 aliphatic heterocycles. The van der Waals surface area contributed by atoms with Gasteiger partial charge < -0.3 is 4.74 Å². The SMILES string of the molecule is COC(=O)c1ccc2ccccc2c1CP. The van der Waals surface area contributed by atoms with E-state index in [2.05, 4.69) is 9.24 Å². The summed E-state index contributed by atoms with van der Waals surface area (Å²) in [5, 5.41) is 2.26. The highest BCUT2D eigenvalue weighted by molar-refractivity contribution is 7.15. The van der Waals surface area contributed by atoms with E-state index in [1.807, 2.05) is 36.4 Å². The molecule has 2 aromatic rings. The van der Waals surface area contributed by atoms with Gasteiger partial charge in [-0.1, -0.05) is 30.3 Å². The van der Waals surface area contributed by atoms with Crippen LogP contribution in [0.15, 0.2) is 36.4 Å². The van der Waals surface area contributed by atoms with Crippen LogP contribution in [-0.2, 0) is 10.9 Å². The number of methoxy groups -OCH3 is 1. The van der Waals surface area contributed by atoms with Crippen molar-refractivity contribution >= 4 is 26.0 Å². The van der Waals surface area contributed by atoms with Crippen LogP contribution in [0.3, 0.4) is 0 Å². The van der Waals surface area contributed by atoms with E-state index in [4.69, 9.17) is 4.74 Å². The minimum atomic E-state index is -0.275. The lowest BCUT2D eigenvalue weighted by atomic mass is 10.00. The first-order valence-electron chi connectivity index (χ1n) is 5.07. The predicted octanol–water partition coefficient (Wildman–Crippen LogP) is 3.00.